The largest absolute Gasteiger partial charge is 0.494 e. The lowest BCUT2D eigenvalue weighted by molar-refractivity contribution is 0.0631. The molecule has 1 amide bonds. The molecule has 0 unspecified atom stereocenters. The highest BCUT2D eigenvalue weighted by Crippen LogP contribution is 2.41. The Kier molecular flexibility index (Phi) is 3.97. The molecule has 0 bridgehead atoms. The van der Waals surface area contributed by atoms with Crippen molar-refractivity contribution in [2.24, 2.45) is 11.3 Å². The van der Waals surface area contributed by atoms with E-state index in [1.165, 1.54) is 0 Å². The van der Waals surface area contributed by atoms with Gasteiger partial charge in [0, 0.05) is 30.6 Å². The van der Waals surface area contributed by atoms with Crippen LogP contribution in [0.5, 0.6) is 5.75 Å². The second-order valence-corrected chi connectivity index (χ2v) is 6.76. The van der Waals surface area contributed by atoms with Crippen molar-refractivity contribution in [1.82, 2.24) is 14.7 Å². The number of aliphatic hydroxyl groups is 1. The number of methoxy groups -OCH3 is 1. The molecule has 0 radical (unpaired) electrons. The van der Waals surface area contributed by atoms with Crippen molar-refractivity contribution in [3.63, 3.8) is 0 Å². The monoisotopic (exact) mass is 343 g/mol. The first-order chi connectivity index (χ1) is 12.2. The van der Waals surface area contributed by atoms with Crippen LogP contribution in [0.2, 0.25) is 0 Å². The van der Waals surface area contributed by atoms with Crippen molar-refractivity contribution in [3.8, 4) is 11.4 Å². The summed E-state index contributed by atoms with van der Waals surface area (Å²) in [4.78, 5) is 14.7. The van der Waals surface area contributed by atoms with Gasteiger partial charge in [-0.15, -0.1) is 0 Å². The summed E-state index contributed by atoms with van der Waals surface area (Å²) in [6.45, 7) is 2.29. The molecular formula is C18H21N3O4. The Morgan fingerprint density at radius 3 is 3.08 bits per heavy atom. The molecular weight excluding hydrogens is 322 g/mol. The summed E-state index contributed by atoms with van der Waals surface area (Å²) in [7, 11) is 1.60. The summed E-state index contributed by atoms with van der Waals surface area (Å²) in [5.41, 5.74) is 0.997. The number of ether oxygens (including phenoxy) is 2. The third kappa shape index (κ3) is 2.60. The molecule has 0 aliphatic carbocycles. The van der Waals surface area contributed by atoms with E-state index >= 15 is 0 Å². The fraction of sp³-hybridized carbons (Fsp3) is 0.444. The van der Waals surface area contributed by atoms with Gasteiger partial charge in [0.05, 0.1) is 38.7 Å². The van der Waals surface area contributed by atoms with Crippen LogP contribution < -0.4 is 4.74 Å². The topological polar surface area (TPSA) is 76.8 Å². The number of rotatable bonds is 4. The number of benzene rings is 1. The molecule has 2 fully saturated rings. The molecule has 2 atom stereocenters. The third-order valence-electron chi connectivity index (χ3n) is 5.28. The summed E-state index contributed by atoms with van der Waals surface area (Å²) in [5, 5.41) is 14.1. The Morgan fingerprint density at radius 2 is 2.32 bits per heavy atom. The normalized spacial score (nSPS) is 25.2. The molecule has 0 spiro atoms. The van der Waals surface area contributed by atoms with Crippen molar-refractivity contribution in [2.45, 2.75) is 0 Å². The number of aromatic nitrogens is 2. The van der Waals surface area contributed by atoms with Gasteiger partial charge < -0.3 is 19.5 Å². The van der Waals surface area contributed by atoms with Crippen molar-refractivity contribution < 1.29 is 19.4 Å². The van der Waals surface area contributed by atoms with Crippen LogP contribution in [0.4, 0.5) is 0 Å². The first kappa shape index (κ1) is 16.1. The zero-order valence-electron chi connectivity index (χ0n) is 14.1. The summed E-state index contributed by atoms with van der Waals surface area (Å²) >= 11 is 0. The van der Waals surface area contributed by atoms with E-state index in [0.717, 1.165) is 5.69 Å². The van der Waals surface area contributed by atoms with Crippen molar-refractivity contribution >= 4 is 5.91 Å². The Labute approximate surface area is 145 Å². The number of carbonyl (C=O) groups is 1. The van der Waals surface area contributed by atoms with E-state index < -0.39 is 0 Å². The second kappa shape index (κ2) is 6.16. The minimum atomic E-state index is -0.311. The fourth-order valence-electron chi connectivity index (χ4n) is 3.78. The highest BCUT2D eigenvalue weighted by atomic mass is 16.5. The molecule has 2 aliphatic rings. The molecule has 7 nitrogen and oxygen atoms in total. The Morgan fingerprint density at radius 1 is 1.48 bits per heavy atom. The Hall–Kier alpha value is -2.38. The second-order valence-electron chi connectivity index (χ2n) is 6.76. The average Bonchev–Trinajstić information content (AvgIpc) is 3.34. The number of carbonyl (C=O) groups excluding carboxylic acids is 1. The summed E-state index contributed by atoms with van der Waals surface area (Å²) in [5.74, 6) is 0.825. The number of fused-ring (bicyclic) bond motifs is 1. The lowest BCUT2D eigenvalue weighted by Gasteiger charge is -2.23. The van der Waals surface area contributed by atoms with E-state index in [1.54, 1.807) is 29.1 Å². The number of aliphatic hydroxyl groups excluding tert-OH is 1. The molecule has 2 saturated heterocycles. The minimum absolute atomic E-state index is 0.0436. The third-order valence-corrected chi connectivity index (χ3v) is 5.28. The summed E-state index contributed by atoms with van der Waals surface area (Å²) in [6.07, 6.45) is 3.29. The smallest absolute Gasteiger partial charge is 0.257 e. The van der Waals surface area contributed by atoms with Gasteiger partial charge in [-0.2, -0.15) is 5.10 Å². The summed E-state index contributed by atoms with van der Waals surface area (Å²) < 4.78 is 12.5. The first-order valence-corrected chi connectivity index (χ1v) is 8.33. The number of likely N-dealkylation sites (tertiary alicyclic amines) is 1. The van der Waals surface area contributed by atoms with Gasteiger partial charge in [-0.1, -0.05) is 12.1 Å². The van der Waals surface area contributed by atoms with Gasteiger partial charge in [0.2, 0.25) is 0 Å². The van der Waals surface area contributed by atoms with Gasteiger partial charge in [-0.05, 0) is 12.1 Å². The SMILES string of the molecule is COc1ccccc1-n1cc(C(=O)N2C[C@H]3COC[C@@]3(CO)C2)cn1. The van der Waals surface area contributed by atoms with Crippen LogP contribution >= 0.6 is 0 Å². The molecule has 7 heteroatoms. The molecule has 2 aliphatic heterocycles. The van der Waals surface area contributed by atoms with Gasteiger partial charge in [0.1, 0.15) is 11.4 Å². The van der Waals surface area contributed by atoms with Crippen LogP contribution in [-0.2, 0) is 4.74 Å². The molecule has 1 aromatic heterocycles. The Balaban J connectivity index is 1.56. The molecule has 2 aromatic rings. The van der Waals surface area contributed by atoms with Crippen molar-refractivity contribution in [3.05, 3.63) is 42.2 Å². The maximum atomic E-state index is 12.9. The molecule has 1 aromatic carbocycles. The van der Waals surface area contributed by atoms with Crippen LogP contribution in [-0.4, -0.2) is 65.7 Å². The standard InChI is InChI=1S/C18H21N3O4/c1-24-16-5-3-2-4-15(16)21-7-13(6-19-21)17(23)20-8-14-9-25-12-18(14,10-20)11-22/h2-7,14,22H,8-12H2,1H3/t14-,18-/m0/s1. The number of nitrogens with zero attached hydrogens (tertiary/aromatic N) is 3. The average molecular weight is 343 g/mol. The summed E-state index contributed by atoms with van der Waals surface area (Å²) in [6, 6.07) is 7.52. The lowest BCUT2D eigenvalue weighted by atomic mass is 9.82. The maximum absolute atomic E-state index is 12.9. The first-order valence-electron chi connectivity index (χ1n) is 8.33. The quantitative estimate of drug-likeness (QED) is 0.895. The van der Waals surface area contributed by atoms with E-state index in [9.17, 15) is 9.90 Å². The van der Waals surface area contributed by atoms with Crippen LogP contribution in [0, 0.1) is 11.3 Å². The molecule has 25 heavy (non-hydrogen) atoms. The molecule has 4 rings (SSSR count). The highest BCUT2D eigenvalue weighted by molar-refractivity contribution is 5.94. The predicted octanol–water partition coefficient (Wildman–Crippen LogP) is 0.962. The highest BCUT2D eigenvalue weighted by Gasteiger charge is 2.51. The van der Waals surface area contributed by atoms with E-state index in [2.05, 4.69) is 5.10 Å². The van der Waals surface area contributed by atoms with Crippen LogP contribution in [0.25, 0.3) is 5.69 Å². The predicted molar refractivity (Wildman–Crippen MR) is 89.8 cm³/mol. The lowest BCUT2D eigenvalue weighted by Crippen LogP contribution is -2.36. The Bertz CT molecular complexity index is 790. The van der Waals surface area contributed by atoms with E-state index in [0.29, 0.717) is 37.6 Å². The molecule has 0 saturated carbocycles. The van der Waals surface area contributed by atoms with Gasteiger partial charge in [0.15, 0.2) is 0 Å². The number of hydrogen-bond acceptors (Lipinski definition) is 5. The number of hydrogen-bond donors (Lipinski definition) is 1. The van der Waals surface area contributed by atoms with E-state index in [1.807, 2.05) is 24.3 Å². The zero-order valence-corrected chi connectivity index (χ0v) is 14.1. The van der Waals surface area contributed by atoms with Gasteiger partial charge in [-0.3, -0.25) is 4.79 Å². The van der Waals surface area contributed by atoms with E-state index in [-0.39, 0.29) is 23.8 Å². The molecule has 132 valence electrons. The van der Waals surface area contributed by atoms with E-state index in [4.69, 9.17) is 9.47 Å². The fourth-order valence-corrected chi connectivity index (χ4v) is 3.78. The minimum Gasteiger partial charge on any atom is -0.494 e. The van der Waals surface area contributed by atoms with Crippen molar-refractivity contribution in [1.29, 1.82) is 0 Å². The number of para-hydroxylation sites is 2. The number of amides is 1. The van der Waals surface area contributed by atoms with Crippen LogP contribution in [0.15, 0.2) is 36.7 Å². The van der Waals surface area contributed by atoms with Gasteiger partial charge >= 0.3 is 0 Å². The van der Waals surface area contributed by atoms with Crippen molar-refractivity contribution in [2.75, 3.05) is 40.0 Å². The molecule has 3 heterocycles. The van der Waals surface area contributed by atoms with Crippen LogP contribution in [0.3, 0.4) is 0 Å². The van der Waals surface area contributed by atoms with Gasteiger partial charge in [-0.25, -0.2) is 4.68 Å². The maximum Gasteiger partial charge on any atom is 0.257 e. The van der Waals surface area contributed by atoms with Gasteiger partial charge in [0.25, 0.3) is 5.91 Å². The van der Waals surface area contributed by atoms with Crippen LogP contribution in [0.1, 0.15) is 10.4 Å². The zero-order chi connectivity index (χ0) is 17.4. The molecule has 1 N–H and O–H groups in total.